The Balaban J connectivity index is 2.70. The van der Waals surface area contributed by atoms with Crippen molar-refractivity contribution in [3.63, 3.8) is 0 Å². The molecule has 0 aliphatic carbocycles. The van der Waals surface area contributed by atoms with Crippen LogP contribution < -0.4 is 11.3 Å². The van der Waals surface area contributed by atoms with Gasteiger partial charge in [0.05, 0.1) is 0 Å². The second kappa shape index (κ2) is 5.58. The van der Waals surface area contributed by atoms with Crippen LogP contribution in [-0.2, 0) is 6.42 Å². The van der Waals surface area contributed by atoms with E-state index in [1.54, 1.807) is 12.1 Å². The summed E-state index contributed by atoms with van der Waals surface area (Å²) >= 11 is 0. The highest BCUT2D eigenvalue weighted by atomic mass is 19.2. The van der Waals surface area contributed by atoms with E-state index >= 15 is 0 Å². The Morgan fingerprint density at radius 1 is 1.40 bits per heavy atom. The lowest BCUT2D eigenvalue weighted by atomic mass is 10.0. The molecular formula is C11H14F2N2. The van der Waals surface area contributed by atoms with E-state index in [1.165, 1.54) is 6.07 Å². The second-order valence-corrected chi connectivity index (χ2v) is 3.34. The molecule has 0 bridgehead atoms. The van der Waals surface area contributed by atoms with Crippen LogP contribution in [0.2, 0.25) is 0 Å². The fourth-order valence-corrected chi connectivity index (χ4v) is 1.36. The summed E-state index contributed by atoms with van der Waals surface area (Å²) in [5.41, 5.74) is 3.31. The number of benzene rings is 1. The van der Waals surface area contributed by atoms with Crippen LogP contribution in [0.15, 0.2) is 30.9 Å². The zero-order valence-electron chi connectivity index (χ0n) is 8.34. The van der Waals surface area contributed by atoms with Gasteiger partial charge in [-0.05, 0) is 30.5 Å². The molecule has 0 amide bonds. The van der Waals surface area contributed by atoms with Crippen molar-refractivity contribution in [3.8, 4) is 0 Å². The molecule has 82 valence electrons. The summed E-state index contributed by atoms with van der Waals surface area (Å²) < 4.78 is 25.5. The van der Waals surface area contributed by atoms with Gasteiger partial charge in [-0.1, -0.05) is 12.1 Å². The van der Waals surface area contributed by atoms with Gasteiger partial charge in [0.2, 0.25) is 0 Å². The van der Waals surface area contributed by atoms with Crippen LogP contribution in [0.1, 0.15) is 12.0 Å². The SMILES string of the molecule is C=CCC(Cc1ccc(F)c(F)c1)NN. The van der Waals surface area contributed by atoms with Crippen LogP contribution in [0.5, 0.6) is 0 Å². The highest BCUT2D eigenvalue weighted by Crippen LogP contribution is 2.11. The number of hydrogen-bond acceptors (Lipinski definition) is 2. The van der Waals surface area contributed by atoms with Crippen LogP contribution >= 0.6 is 0 Å². The largest absolute Gasteiger partial charge is 0.271 e. The second-order valence-electron chi connectivity index (χ2n) is 3.34. The summed E-state index contributed by atoms with van der Waals surface area (Å²) in [5.74, 6) is 3.64. The van der Waals surface area contributed by atoms with Gasteiger partial charge in [-0.15, -0.1) is 6.58 Å². The fraction of sp³-hybridized carbons (Fsp3) is 0.273. The zero-order chi connectivity index (χ0) is 11.3. The van der Waals surface area contributed by atoms with E-state index in [1.807, 2.05) is 0 Å². The van der Waals surface area contributed by atoms with Gasteiger partial charge in [0.15, 0.2) is 11.6 Å². The molecule has 15 heavy (non-hydrogen) atoms. The molecule has 0 fully saturated rings. The number of rotatable bonds is 5. The molecule has 0 aromatic heterocycles. The monoisotopic (exact) mass is 212 g/mol. The van der Waals surface area contributed by atoms with E-state index in [4.69, 9.17) is 5.84 Å². The predicted octanol–water partition coefficient (Wildman–Crippen LogP) is 1.92. The lowest BCUT2D eigenvalue weighted by Crippen LogP contribution is -2.36. The van der Waals surface area contributed by atoms with Gasteiger partial charge < -0.3 is 0 Å². The Bertz CT molecular complexity index is 339. The van der Waals surface area contributed by atoms with Gasteiger partial charge in [0, 0.05) is 6.04 Å². The highest BCUT2D eigenvalue weighted by molar-refractivity contribution is 5.18. The molecule has 1 atom stereocenters. The van der Waals surface area contributed by atoms with Gasteiger partial charge in [-0.2, -0.15) is 0 Å². The van der Waals surface area contributed by atoms with Crippen LogP contribution in [0.3, 0.4) is 0 Å². The first kappa shape index (κ1) is 11.8. The molecule has 0 aliphatic heterocycles. The van der Waals surface area contributed by atoms with Crippen LogP contribution in [0.25, 0.3) is 0 Å². The molecule has 1 aromatic rings. The quantitative estimate of drug-likeness (QED) is 0.444. The van der Waals surface area contributed by atoms with Crippen LogP contribution in [-0.4, -0.2) is 6.04 Å². The maximum Gasteiger partial charge on any atom is 0.159 e. The van der Waals surface area contributed by atoms with Gasteiger partial charge in [0.1, 0.15) is 0 Å². The summed E-state index contributed by atoms with van der Waals surface area (Å²) in [6, 6.07) is 3.84. The normalized spacial score (nSPS) is 12.5. The summed E-state index contributed by atoms with van der Waals surface area (Å²) in [7, 11) is 0. The molecule has 4 heteroatoms. The van der Waals surface area contributed by atoms with Crippen molar-refractivity contribution < 1.29 is 8.78 Å². The maximum absolute atomic E-state index is 12.9. The van der Waals surface area contributed by atoms with Crippen molar-refractivity contribution in [2.45, 2.75) is 18.9 Å². The third-order valence-corrected chi connectivity index (χ3v) is 2.15. The molecule has 0 aliphatic rings. The molecule has 0 saturated heterocycles. The minimum absolute atomic E-state index is 0.00707. The molecule has 0 radical (unpaired) electrons. The molecule has 0 heterocycles. The first-order valence-corrected chi connectivity index (χ1v) is 4.68. The molecule has 1 rings (SSSR count). The van der Waals surface area contributed by atoms with Crippen molar-refractivity contribution in [1.82, 2.24) is 5.43 Å². The van der Waals surface area contributed by atoms with E-state index in [-0.39, 0.29) is 6.04 Å². The van der Waals surface area contributed by atoms with Crippen molar-refractivity contribution >= 4 is 0 Å². The van der Waals surface area contributed by atoms with Gasteiger partial charge in [0.25, 0.3) is 0 Å². The Kier molecular flexibility index (Phi) is 4.39. The van der Waals surface area contributed by atoms with Gasteiger partial charge in [-0.3, -0.25) is 11.3 Å². The van der Waals surface area contributed by atoms with E-state index in [9.17, 15) is 8.78 Å². The van der Waals surface area contributed by atoms with E-state index in [0.29, 0.717) is 18.4 Å². The van der Waals surface area contributed by atoms with Crippen molar-refractivity contribution in [2.24, 2.45) is 5.84 Å². The van der Waals surface area contributed by atoms with Crippen LogP contribution in [0.4, 0.5) is 8.78 Å². The molecular weight excluding hydrogens is 198 g/mol. The third-order valence-electron chi connectivity index (χ3n) is 2.15. The number of nitrogens with one attached hydrogen (secondary N) is 1. The molecule has 0 spiro atoms. The zero-order valence-corrected chi connectivity index (χ0v) is 8.34. The predicted molar refractivity (Wildman–Crippen MR) is 56.0 cm³/mol. The Morgan fingerprint density at radius 3 is 2.67 bits per heavy atom. The number of halogens is 2. The van der Waals surface area contributed by atoms with Crippen molar-refractivity contribution in [2.75, 3.05) is 0 Å². The van der Waals surface area contributed by atoms with Gasteiger partial charge >= 0.3 is 0 Å². The number of hydrazine groups is 1. The van der Waals surface area contributed by atoms with E-state index in [2.05, 4.69) is 12.0 Å². The average Bonchev–Trinajstić information content (AvgIpc) is 2.23. The minimum Gasteiger partial charge on any atom is -0.271 e. The Labute approximate surface area is 87.8 Å². The van der Waals surface area contributed by atoms with Gasteiger partial charge in [-0.25, -0.2) is 8.78 Å². The van der Waals surface area contributed by atoms with E-state index < -0.39 is 11.6 Å². The topological polar surface area (TPSA) is 38.0 Å². The molecule has 3 N–H and O–H groups in total. The summed E-state index contributed by atoms with van der Waals surface area (Å²) in [5, 5.41) is 0. The summed E-state index contributed by atoms with van der Waals surface area (Å²) in [6.45, 7) is 3.59. The number of hydrogen-bond donors (Lipinski definition) is 2. The lowest BCUT2D eigenvalue weighted by molar-refractivity contribution is 0.500. The fourth-order valence-electron chi connectivity index (χ4n) is 1.36. The first-order valence-electron chi connectivity index (χ1n) is 4.68. The van der Waals surface area contributed by atoms with Crippen molar-refractivity contribution in [3.05, 3.63) is 48.1 Å². The highest BCUT2D eigenvalue weighted by Gasteiger charge is 2.08. The Morgan fingerprint density at radius 2 is 2.13 bits per heavy atom. The first-order chi connectivity index (χ1) is 7.17. The molecule has 1 unspecified atom stereocenters. The minimum atomic E-state index is -0.834. The van der Waals surface area contributed by atoms with Crippen molar-refractivity contribution in [1.29, 1.82) is 0 Å². The molecule has 2 nitrogen and oxygen atoms in total. The summed E-state index contributed by atoms with van der Waals surface area (Å²) in [6.07, 6.45) is 2.94. The molecule has 0 saturated carbocycles. The van der Waals surface area contributed by atoms with E-state index in [0.717, 1.165) is 6.07 Å². The lowest BCUT2D eigenvalue weighted by Gasteiger charge is -2.13. The third kappa shape index (κ3) is 3.42. The van der Waals surface area contributed by atoms with Crippen LogP contribution in [0, 0.1) is 11.6 Å². The standard InChI is InChI=1S/C11H14F2N2/c1-2-3-9(15-14)6-8-4-5-10(12)11(13)7-8/h2,4-5,7,9,15H,1,3,6,14H2. The maximum atomic E-state index is 12.9. The summed E-state index contributed by atoms with van der Waals surface area (Å²) in [4.78, 5) is 0. The smallest absolute Gasteiger partial charge is 0.159 e. The molecule has 1 aromatic carbocycles. The average molecular weight is 212 g/mol. The Hall–Kier alpha value is -1.26. The number of nitrogens with two attached hydrogens (primary N) is 1.